The van der Waals surface area contributed by atoms with Gasteiger partial charge in [0.25, 0.3) is 10.2 Å². The highest BCUT2D eigenvalue weighted by atomic mass is 32.2. The van der Waals surface area contributed by atoms with Gasteiger partial charge in [-0.25, -0.2) is 0 Å². The van der Waals surface area contributed by atoms with Crippen LogP contribution in [0.3, 0.4) is 0 Å². The quantitative estimate of drug-likeness (QED) is 0.762. The van der Waals surface area contributed by atoms with Crippen molar-refractivity contribution >= 4 is 10.2 Å². The monoisotopic (exact) mass is 289 g/mol. The number of nitrogens with one attached hydrogen (secondary N) is 1. The van der Waals surface area contributed by atoms with Crippen LogP contribution in [0, 0.1) is 5.92 Å². The molecule has 1 aliphatic heterocycles. The number of hydrogen-bond donors (Lipinski definition) is 1. The van der Waals surface area contributed by atoms with Gasteiger partial charge in [-0.3, -0.25) is 0 Å². The molecule has 5 nitrogen and oxygen atoms in total. The lowest BCUT2D eigenvalue weighted by Crippen LogP contribution is -2.49. The van der Waals surface area contributed by atoms with E-state index in [1.807, 2.05) is 13.8 Å². The van der Waals surface area contributed by atoms with E-state index in [-0.39, 0.29) is 6.04 Å². The number of hydrogen-bond acceptors (Lipinski definition) is 3. The molecule has 0 aromatic heterocycles. The average molecular weight is 289 g/mol. The van der Waals surface area contributed by atoms with Crippen molar-refractivity contribution < 1.29 is 8.42 Å². The molecule has 0 bridgehead atoms. The van der Waals surface area contributed by atoms with Crippen molar-refractivity contribution in [3.8, 4) is 0 Å². The van der Waals surface area contributed by atoms with Crippen LogP contribution in [0.5, 0.6) is 0 Å². The van der Waals surface area contributed by atoms with Gasteiger partial charge in [-0.05, 0) is 52.0 Å². The molecule has 0 amide bonds. The Kier molecular flexibility index (Phi) is 4.87. The molecule has 19 heavy (non-hydrogen) atoms. The summed E-state index contributed by atoms with van der Waals surface area (Å²) >= 11 is 0. The van der Waals surface area contributed by atoms with Gasteiger partial charge in [0.1, 0.15) is 0 Å². The third kappa shape index (κ3) is 3.90. The van der Waals surface area contributed by atoms with Gasteiger partial charge in [-0.2, -0.15) is 17.0 Å². The standard InChI is InChI=1S/C13H27N3O2S/c1-11(2)15(3)19(17,18)16(9-12-6-7-12)10-13-5-4-8-14-13/h11-14H,4-10H2,1-3H3. The van der Waals surface area contributed by atoms with E-state index in [9.17, 15) is 8.42 Å². The van der Waals surface area contributed by atoms with Gasteiger partial charge in [0.15, 0.2) is 0 Å². The fraction of sp³-hybridized carbons (Fsp3) is 1.00. The Morgan fingerprint density at radius 2 is 1.89 bits per heavy atom. The first kappa shape index (κ1) is 15.2. The molecule has 0 spiro atoms. The fourth-order valence-electron chi connectivity index (χ4n) is 2.46. The summed E-state index contributed by atoms with van der Waals surface area (Å²) in [6.07, 6.45) is 4.59. The van der Waals surface area contributed by atoms with Crippen LogP contribution >= 0.6 is 0 Å². The molecule has 0 radical (unpaired) electrons. The van der Waals surface area contributed by atoms with Crippen molar-refractivity contribution in [2.75, 3.05) is 26.7 Å². The normalized spacial score (nSPS) is 24.8. The van der Waals surface area contributed by atoms with Crippen LogP contribution in [-0.4, -0.2) is 55.8 Å². The zero-order valence-electron chi connectivity index (χ0n) is 12.3. The molecule has 2 rings (SSSR count). The first-order valence-electron chi connectivity index (χ1n) is 7.37. The number of nitrogens with zero attached hydrogens (tertiary/aromatic N) is 2. The minimum absolute atomic E-state index is 0.00300. The summed E-state index contributed by atoms with van der Waals surface area (Å²) in [6, 6.07) is 0.331. The minimum atomic E-state index is -3.32. The highest BCUT2D eigenvalue weighted by molar-refractivity contribution is 7.86. The third-order valence-corrected chi connectivity index (χ3v) is 6.26. The fourth-order valence-corrected chi connectivity index (χ4v) is 4.12. The van der Waals surface area contributed by atoms with Gasteiger partial charge in [0.2, 0.25) is 0 Å². The van der Waals surface area contributed by atoms with E-state index in [1.165, 1.54) is 17.1 Å². The second kappa shape index (κ2) is 6.08. The summed E-state index contributed by atoms with van der Waals surface area (Å²) in [7, 11) is -1.63. The molecule has 1 aliphatic carbocycles. The molecule has 112 valence electrons. The first-order valence-corrected chi connectivity index (χ1v) is 8.77. The van der Waals surface area contributed by atoms with E-state index in [4.69, 9.17) is 0 Å². The maximum absolute atomic E-state index is 12.6. The maximum Gasteiger partial charge on any atom is 0.282 e. The van der Waals surface area contributed by atoms with Crippen molar-refractivity contribution in [3.05, 3.63) is 0 Å². The predicted molar refractivity (Wildman–Crippen MR) is 77.1 cm³/mol. The second-order valence-electron chi connectivity index (χ2n) is 6.17. The van der Waals surface area contributed by atoms with E-state index in [2.05, 4.69) is 5.32 Å². The van der Waals surface area contributed by atoms with Gasteiger partial charge >= 0.3 is 0 Å². The molecule has 1 heterocycles. The number of rotatable bonds is 7. The Morgan fingerprint density at radius 3 is 2.37 bits per heavy atom. The molecule has 0 aromatic rings. The Hall–Kier alpha value is -0.170. The van der Waals surface area contributed by atoms with Crippen molar-refractivity contribution in [2.45, 2.75) is 51.6 Å². The van der Waals surface area contributed by atoms with Crippen LogP contribution in [-0.2, 0) is 10.2 Å². The zero-order valence-corrected chi connectivity index (χ0v) is 13.1. The highest BCUT2D eigenvalue weighted by Crippen LogP contribution is 2.31. The molecule has 0 aromatic carbocycles. The van der Waals surface area contributed by atoms with Gasteiger partial charge < -0.3 is 5.32 Å². The van der Waals surface area contributed by atoms with Gasteiger partial charge in [0.05, 0.1) is 0 Å². The SMILES string of the molecule is CC(C)N(C)S(=O)(=O)N(CC1CC1)CC1CCCN1. The van der Waals surface area contributed by atoms with Crippen LogP contribution < -0.4 is 5.32 Å². The maximum atomic E-state index is 12.6. The Morgan fingerprint density at radius 1 is 1.21 bits per heavy atom. The van der Waals surface area contributed by atoms with Crippen LogP contribution in [0.2, 0.25) is 0 Å². The topological polar surface area (TPSA) is 52.7 Å². The average Bonchev–Trinajstić information content (AvgIpc) is 3.01. The molecule has 6 heteroatoms. The van der Waals surface area contributed by atoms with Crippen LogP contribution in [0.4, 0.5) is 0 Å². The second-order valence-corrected chi connectivity index (χ2v) is 8.16. The van der Waals surface area contributed by atoms with Crippen molar-refractivity contribution in [1.29, 1.82) is 0 Å². The minimum Gasteiger partial charge on any atom is -0.313 e. The van der Waals surface area contributed by atoms with E-state index in [0.29, 0.717) is 25.0 Å². The van der Waals surface area contributed by atoms with Gasteiger partial charge in [-0.15, -0.1) is 0 Å². The summed E-state index contributed by atoms with van der Waals surface area (Å²) < 4.78 is 28.5. The summed E-state index contributed by atoms with van der Waals surface area (Å²) in [6.45, 7) is 6.16. The van der Waals surface area contributed by atoms with Gasteiger partial charge in [-0.1, -0.05) is 0 Å². The van der Waals surface area contributed by atoms with Gasteiger partial charge in [0, 0.05) is 32.2 Å². The van der Waals surface area contributed by atoms with E-state index in [1.54, 1.807) is 11.4 Å². The largest absolute Gasteiger partial charge is 0.313 e. The Bertz CT molecular complexity index is 387. The van der Waals surface area contributed by atoms with Crippen molar-refractivity contribution in [1.82, 2.24) is 13.9 Å². The van der Waals surface area contributed by atoms with Crippen molar-refractivity contribution in [3.63, 3.8) is 0 Å². The molecule has 2 aliphatic rings. The molecule has 2 fully saturated rings. The zero-order chi connectivity index (χ0) is 14.0. The lowest BCUT2D eigenvalue weighted by molar-refractivity contribution is 0.309. The summed E-state index contributed by atoms with van der Waals surface area (Å²) in [5.41, 5.74) is 0. The first-order chi connectivity index (χ1) is 8.91. The lowest BCUT2D eigenvalue weighted by atomic mass is 10.2. The molecule has 1 N–H and O–H groups in total. The van der Waals surface area contributed by atoms with E-state index >= 15 is 0 Å². The van der Waals surface area contributed by atoms with Crippen LogP contribution in [0.1, 0.15) is 39.5 Å². The highest BCUT2D eigenvalue weighted by Gasteiger charge is 2.35. The van der Waals surface area contributed by atoms with Crippen LogP contribution in [0.15, 0.2) is 0 Å². The molecule has 1 unspecified atom stereocenters. The summed E-state index contributed by atoms with van der Waals surface area (Å²) in [5, 5.41) is 3.40. The molecular weight excluding hydrogens is 262 g/mol. The smallest absolute Gasteiger partial charge is 0.282 e. The lowest BCUT2D eigenvalue weighted by Gasteiger charge is -2.31. The van der Waals surface area contributed by atoms with E-state index < -0.39 is 10.2 Å². The molecule has 1 atom stereocenters. The Labute approximate surface area is 117 Å². The Balaban J connectivity index is 2.06. The molecular formula is C13H27N3O2S. The van der Waals surface area contributed by atoms with Crippen molar-refractivity contribution in [2.24, 2.45) is 5.92 Å². The molecule has 1 saturated carbocycles. The third-order valence-electron chi connectivity index (χ3n) is 4.16. The summed E-state index contributed by atoms with van der Waals surface area (Å²) in [4.78, 5) is 0. The summed E-state index contributed by atoms with van der Waals surface area (Å²) in [5.74, 6) is 0.580. The molecule has 1 saturated heterocycles. The van der Waals surface area contributed by atoms with E-state index in [0.717, 1.165) is 19.4 Å². The predicted octanol–water partition coefficient (Wildman–Crippen LogP) is 1.04. The van der Waals surface area contributed by atoms with Crippen LogP contribution in [0.25, 0.3) is 0 Å².